The molecule has 2 fully saturated rings. The first kappa shape index (κ1) is 19.1. The molecule has 0 saturated heterocycles. The summed E-state index contributed by atoms with van der Waals surface area (Å²) < 4.78 is 1.84. The standard InChI is InChI=1S/C20H20Cl2N4O3/c21-12-2-1-9(7-13(12)22)16(28)20-5-3-11(20)14(15(27)17(20)29)26-6-4-10-18(23)24-8-25-19(10)26/h1-2,4,6-8,11,14-17,27-29H,3,5H2,(H2,23,24,25). The van der Waals surface area contributed by atoms with Gasteiger partial charge in [-0.3, -0.25) is 0 Å². The van der Waals surface area contributed by atoms with Gasteiger partial charge in [-0.1, -0.05) is 29.3 Å². The zero-order valence-corrected chi connectivity index (χ0v) is 16.8. The van der Waals surface area contributed by atoms with E-state index in [1.165, 1.54) is 6.33 Å². The molecule has 152 valence electrons. The molecular formula is C20H20Cl2N4O3. The quantitative estimate of drug-likeness (QED) is 0.503. The monoisotopic (exact) mass is 434 g/mol. The Morgan fingerprint density at radius 1 is 1.17 bits per heavy atom. The molecule has 5 rings (SSSR count). The van der Waals surface area contributed by atoms with Crippen molar-refractivity contribution in [1.82, 2.24) is 14.5 Å². The summed E-state index contributed by atoms with van der Waals surface area (Å²) in [5.41, 5.74) is 6.23. The summed E-state index contributed by atoms with van der Waals surface area (Å²) in [5, 5.41) is 34.7. The highest BCUT2D eigenvalue weighted by molar-refractivity contribution is 6.42. The molecule has 0 spiro atoms. The number of halogens is 2. The van der Waals surface area contributed by atoms with Gasteiger partial charge >= 0.3 is 0 Å². The summed E-state index contributed by atoms with van der Waals surface area (Å²) in [7, 11) is 0. The molecule has 6 unspecified atom stereocenters. The van der Waals surface area contributed by atoms with Crippen molar-refractivity contribution < 1.29 is 15.3 Å². The topological polar surface area (TPSA) is 117 Å². The van der Waals surface area contributed by atoms with Gasteiger partial charge in [0.1, 0.15) is 23.9 Å². The number of aromatic nitrogens is 3. The minimum atomic E-state index is -1.10. The number of nitrogens with two attached hydrogens (primary N) is 1. The van der Waals surface area contributed by atoms with E-state index in [9.17, 15) is 15.3 Å². The SMILES string of the molecule is Nc1ncnc2c1ccn2C1C(O)C(O)C2(C(O)c3ccc(Cl)c(Cl)c3)CCC12. The molecule has 5 N–H and O–H groups in total. The van der Waals surface area contributed by atoms with Crippen molar-refractivity contribution >= 4 is 40.1 Å². The summed E-state index contributed by atoms with van der Waals surface area (Å²) in [6, 6.07) is 6.31. The zero-order chi connectivity index (χ0) is 20.5. The molecule has 0 bridgehead atoms. The van der Waals surface area contributed by atoms with Crippen LogP contribution in [0, 0.1) is 11.3 Å². The number of anilines is 1. The number of nitrogen functional groups attached to an aromatic ring is 1. The first-order valence-electron chi connectivity index (χ1n) is 9.42. The Bertz CT molecular complexity index is 1110. The Hall–Kier alpha value is -1.90. The van der Waals surface area contributed by atoms with Crippen molar-refractivity contribution in [2.24, 2.45) is 11.3 Å². The van der Waals surface area contributed by atoms with Crippen LogP contribution in [0.25, 0.3) is 11.0 Å². The van der Waals surface area contributed by atoms with Gasteiger partial charge in [-0.2, -0.15) is 0 Å². The minimum Gasteiger partial charge on any atom is -0.390 e. The van der Waals surface area contributed by atoms with E-state index in [0.717, 1.165) is 6.42 Å². The third-order valence-electron chi connectivity index (χ3n) is 6.84. The van der Waals surface area contributed by atoms with Crippen LogP contribution in [0.2, 0.25) is 10.0 Å². The predicted octanol–water partition coefficient (Wildman–Crippen LogP) is 2.73. The molecule has 2 saturated carbocycles. The maximum atomic E-state index is 11.2. The number of hydrogen-bond donors (Lipinski definition) is 4. The van der Waals surface area contributed by atoms with Gasteiger partial charge in [0, 0.05) is 11.6 Å². The normalized spacial score (nSPS) is 32.2. The van der Waals surface area contributed by atoms with Crippen LogP contribution < -0.4 is 5.73 Å². The second kappa shape index (κ2) is 6.55. The Balaban J connectivity index is 1.58. The maximum absolute atomic E-state index is 11.2. The van der Waals surface area contributed by atoms with Crippen LogP contribution in [0.1, 0.15) is 30.6 Å². The van der Waals surface area contributed by atoms with E-state index < -0.39 is 29.8 Å². The largest absolute Gasteiger partial charge is 0.390 e. The Morgan fingerprint density at radius 3 is 2.66 bits per heavy atom. The molecular weight excluding hydrogens is 415 g/mol. The first-order valence-corrected chi connectivity index (χ1v) is 10.2. The van der Waals surface area contributed by atoms with Crippen LogP contribution in [0.15, 0.2) is 36.8 Å². The average molecular weight is 435 g/mol. The highest BCUT2D eigenvalue weighted by Crippen LogP contribution is 2.67. The van der Waals surface area contributed by atoms with E-state index in [2.05, 4.69) is 9.97 Å². The van der Waals surface area contributed by atoms with Crippen molar-refractivity contribution in [3.63, 3.8) is 0 Å². The van der Waals surface area contributed by atoms with Crippen molar-refractivity contribution in [2.75, 3.05) is 5.73 Å². The first-order chi connectivity index (χ1) is 13.9. The van der Waals surface area contributed by atoms with Crippen LogP contribution in [0.3, 0.4) is 0 Å². The molecule has 2 heterocycles. The van der Waals surface area contributed by atoms with Crippen molar-refractivity contribution in [1.29, 1.82) is 0 Å². The molecule has 6 atom stereocenters. The second-order valence-corrected chi connectivity index (χ2v) is 8.79. The number of rotatable bonds is 3. The Kier molecular flexibility index (Phi) is 4.31. The molecule has 9 heteroatoms. The van der Waals surface area contributed by atoms with Crippen LogP contribution in [-0.4, -0.2) is 42.1 Å². The Morgan fingerprint density at radius 2 is 1.97 bits per heavy atom. The fourth-order valence-electron chi connectivity index (χ4n) is 5.33. The Labute approximate surface area is 176 Å². The average Bonchev–Trinajstić information content (AvgIpc) is 3.16. The predicted molar refractivity (Wildman–Crippen MR) is 110 cm³/mol. The lowest BCUT2D eigenvalue weighted by Crippen LogP contribution is -2.50. The molecule has 2 aromatic heterocycles. The number of benzene rings is 1. The number of aliphatic hydroxyl groups excluding tert-OH is 3. The van der Waals surface area contributed by atoms with E-state index in [4.69, 9.17) is 28.9 Å². The fourth-order valence-corrected chi connectivity index (χ4v) is 5.63. The summed E-state index contributed by atoms with van der Waals surface area (Å²) in [5.74, 6) is 0.209. The van der Waals surface area contributed by atoms with E-state index >= 15 is 0 Å². The van der Waals surface area contributed by atoms with Gasteiger partial charge in [-0.25, -0.2) is 9.97 Å². The van der Waals surface area contributed by atoms with E-state index in [-0.39, 0.29) is 5.92 Å². The smallest absolute Gasteiger partial charge is 0.145 e. The highest BCUT2D eigenvalue weighted by atomic mass is 35.5. The highest BCUT2D eigenvalue weighted by Gasteiger charge is 2.68. The van der Waals surface area contributed by atoms with Gasteiger partial charge in [0.25, 0.3) is 0 Å². The van der Waals surface area contributed by atoms with Crippen LogP contribution >= 0.6 is 23.2 Å². The van der Waals surface area contributed by atoms with Crippen molar-refractivity contribution in [2.45, 2.75) is 37.2 Å². The summed E-state index contributed by atoms with van der Waals surface area (Å²) in [4.78, 5) is 8.33. The molecule has 2 aliphatic carbocycles. The summed E-state index contributed by atoms with van der Waals surface area (Å²) in [6.07, 6.45) is 1.37. The van der Waals surface area contributed by atoms with Gasteiger partial charge in [0.15, 0.2) is 0 Å². The number of aliphatic hydroxyl groups is 3. The van der Waals surface area contributed by atoms with Gasteiger partial charge in [0.2, 0.25) is 0 Å². The lowest BCUT2D eigenvalue weighted by Gasteiger charge is -2.51. The lowest BCUT2D eigenvalue weighted by atomic mass is 9.56. The fraction of sp³-hybridized carbons (Fsp3) is 0.400. The third kappa shape index (κ3) is 2.49. The molecule has 0 radical (unpaired) electrons. The van der Waals surface area contributed by atoms with Gasteiger partial charge in [0.05, 0.1) is 33.7 Å². The number of nitrogens with zero attached hydrogens (tertiary/aromatic N) is 3. The summed E-state index contributed by atoms with van der Waals surface area (Å²) in [6.45, 7) is 0. The van der Waals surface area contributed by atoms with Crippen LogP contribution in [0.5, 0.6) is 0 Å². The third-order valence-corrected chi connectivity index (χ3v) is 7.58. The van der Waals surface area contributed by atoms with E-state index in [1.807, 2.05) is 4.57 Å². The molecule has 1 aromatic carbocycles. The molecule has 0 amide bonds. The summed E-state index contributed by atoms with van der Waals surface area (Å²) >= 11 is 12.1. The van der Waals surface area contributed by atoms with Gasteiger partial charge < -0.3 is 25.6 Å². The number of fused-ring (bicyclic) bond motifs is 2. The number of hydrogen-bond acceptors (Lipinski definition) is 6. The van der Waals surface area contributed by atoms with E-state index in [0.29, 0.717) is 38.9 Å². The van der Waals surface area contributed by atoms with Crippen LogP contribution in [0.4, 0.5) is 5.82 Å². The van der Waals surface area contributed by atoms with Crippen molar-refractivity contribution in [3.05, 3.63) is 52.4 Å². The van der Waals surface area contributed by atoms with E-state index in [1.54, 1.807) is 30.5 Å². The molecule has 3 aromatic rings. The second-order valence-electron chi connectivity index (χ2n) is 7.98. The maximum Gasteiger partial charge on any atom is 0.145 e. The molecule has 2 aliphatic rings. The molecule has 29 heavy (non-hydrogen) atoms. The zero-order valence-electron chi connectivity index (χ0n) is 15.3. The minimum absolute atomic E-state index is 0.149. The van der Waals surface area contributed by atoms with Crippen molar-refractivity contribution in [3.8, 4) is 0 Å². The molecule has 0 aliphatic heterocycles. The van der Waals surface area contributed by atoms with Gasteiger partial charge in [-0.15, -0.1) is 0 Å². The molecule has 7 nitrogen and oxygen atoms in total. The van der Waals surface area contributed by atoms with Gasteiger partial charge in [-0.05, 0) is 42.5 Å². The lowest BCUT2D eigenvalue weighted by molar-refractivity contribution is -0.145. The van der Waals surface area contributed by atoms with Crippen LogP contribution in [-0.2, 0) is 0 Å².